The third kappa shape index (κ3) is 2.65. The number of hydrogen-bond donors (Lipinski definition) is 1. The minimum absolute atomic E-state index is 0.207. The average Bonchev–Trinajstić information content (AvgIpc) is 2.60. The molecule has 5 rings (SSSR count). The maximum atomic E-state index is 11.1. The first-order valence-corrected chi connectivity index (χ1v) is 9.02. The van der Waals surface area contributed by atoms with Gasteiger partial charge in [-0.2, -0.15) is 0 Å². The summed E-state index contributed by atoms with van der Waals surface area (Å²) in [5, 5.41) is 12.6. The summed E-state index contributed by atoms with van der Waals surface area (Å²) in [7, 11) is 0. The van der Waals surface area contributed by atoms with Crippen molar-refractivity contribution in [2.45, 2.75) is 38.3 Å². The van der Waals surface area contributed by atoms with Gasteiger partial charge >= 0.3 is 0 Å². The van der Waals surface area contributed by atoms with Crippen molar-refractivity contribution in [1.82, 2.24) is 9.88 Å². The number of aliphatic hydroxyl groups excluding tert-OH is 1. The molecule has 1 N–H and O–H groups in total. The van der Waals surface area contributed by atoms with Gasteiger partial charge < -0.3 is 5.11 Å². The molecule has 1 aromatic carbocycles. The van der Waals surface area contributed by atoms with E-state index in [-0.39, 0.29) is 6.04 Å². The molecular weight excluding hydrogens is 308 g/mol. The molecule has 3 fully saturated rings. The van der Waals surface area contributed by atoms with Crippen molar-refractivity contribution in [1.29, 1.82) is 0 Å². The van der Waals surface area contributed by atoms with Gasteiger partial charge in [-0.05, 0) is 48.9 Å². The zero-order chi connectivity index (χ0) is 16.0. The molecule has 3 nitrogen and oxygen atoms in total. The van der Waals surface area contributed by atoms with Crippen LogP contribution in [0.5, 0.6) is 0 Å². The van der Waals surface area contributed by atoms with Crippen LogP contribution in [0.25, 0.3) is 10.9 Å². The molecule has 122 valence electrons. The van der Waals surface area contributed by atoms with Gasteiger partial charge in [-0.1, -0.05) is 43.1 Å². The lowest BCUT2D eigenvalue weighted by Crippen LogP contribution is -2.55. The molecule has 0 saturated carbocycles. The fraction of sp³-hybridized carbons (Fsp3) is 0.526. The largest absolute Gasteiger partial charge is 0.387 e. The van der Waals surface area contributed by atoms with Gasteiger partial charge in [0, 0.05) is 18.0 Å². The molecule has 3 aliphatic rings. The lowest BCUT2D eigenvalue weighted by molar-refractivity contribution is -0.0562. The first kappa shape index (κ1) is 15.4. The highest BCUT2D eigenvalue weighted by molar-refractivity contribution is 6.29. The number of pyridine rings is 1. The lowest BCUT2D eigenvalue weighted by Gasteiger charge is -2.51. The smallest absolute Gasteiger partial charge is 0.130 e. The molecule has 0 amide bonds. The van der Waals surface area contributed by atoms with Gasteiger partial charge in [0.05, 0.1) is 11.6 Å². The van der Waals surface area contributed by atoms with Crippen LogP contribution in [0.3, 0.4) is 0 Å². The highest BCUT2D eigenvalue weighted by atomic mass is 35.5. The number of aliphatic hydroxyl groups is 1. The van der Waals surface area contributed by atoms with E-state index in [0.717, 1.165) is 47.8 Å². The van der Waals surface area contributed by atoms with E-state index in [4.69, 9.17) is 11.6 Å². The minimum Gasteiger partial charge on any atom is -0.387 e. The summed E-state index contributed by atoms with van der Waals surface area (Å²) in [4.78, 5) is 6.87. The van der Waals surface area contributed by atoms with Crippen molar-refractivity contribution in [2.75, 3.05) is 13.1 Å². The van der Waals surface area contributed by atoms with Crippen LogP contribution < -0.4 is 0 Å². The molecule has 0 spiro atoms. The average molecular weight is 331 g/mol. The highest BCUT2D eigenvalue weighted by Crippen LogP contribution is 2.42. The number of piperidine rings is 3. The van der Waals surface area contributed by atoms with E-state index in [1.807, 2.05) is 30.3 Å². The van der Waals surface area contributed by atoms with Crippen LogP contribution in [0.4, 0.5) is 0 Å². The van der Waals surface area contributed by atoms with E-state index in [1.54, 1.807) is 0 Å². The van der Waals surface area contributed by atoms with Crippen molar-refractivity contribution < 1.29 is 5.11 Å². The van der Waals surface area contributed by atoms with Crippen LogP contribution in [0.1, 0.15) is 37.9 Å². The maximum absolute atomic E-state index is 11.1. The Labute approximate surface area is 142 Å². The molecule has 4 heteroatoms. The number of aromatic nitrogens is 1. The summed E-state index contributed by atoms with van der Waals surface area (Å²) in [5.74, 6) is 1.55. The number of rotatable bonds is 3. The van der Waals surface area contributed by atoms with E-state index in [1.165, 1.54) is 12.8 Å². The first-order valence-electron chi connectivity index (χ1n) is 8.64. The van der Waals surface area contributed by atoms with Gasteiger partial charge in [0.1, 0.15) is 5.15 Å². The van der Waals surface area contributed by atoms with E-state index >= 15 is 0 Å². The SMILES string of the molecule is CC[C@H]1CN2CC[C@H]1C[C@@H]2[C@@H](O)c1cc(Cl)nc2ccccc12. The van der Waals surface area contributed by atoms with E-state index < -0.39 is 6.10 Å². The monoisotopic (exact) mass is 330 g/mol. The molecule has 0 aliphatic carbocycles. The maximum Gasteiger partial charge on any atom is 0.130 e. The van der Waals surface area contributed by atoms with Crippen molar-refractivity contribution >= 4 is 22.5 Å². The number of halogens is 1. The second-order valence-electron chi connectivity index (χ2n) is 7.01. The third-order valence-electron chi connectivity index (χ3n) is 5.86. The van der Waals surface area contributed by atoms with Crippen LogP contribution in [0.2, 0.25) is 5.15 Å². The van der Waals surface area contributed by atoms with Crippen LogP contribution in [0.15, 0.2) is 30.3 Å². The van der Waals surface area contributed by atoms with Crippen molar-refractivity contribution in [3.8, 4) is 0 Å². The zero-order valence-electron chi connectivity index (χ0n) is 13.5. The Morgan fingerprint density at radius 2 is 2.22 bits per heavy atom. The molecule has 2 bridgehead atoms. The van der Waals surface area contributed by atoms with Gasteiger partial charge in [-0.3, -0.25) is 4.90 Å². The van der Waals surface area contributed by atoms with Crippen molar-refractivity contribution in [3.05, 3.63) is 41.0 Å². The fourth-order valence-corrected chi connectivity index (χ4v) is 4.80. The van der Waals surface area contributed by atoms with Crippen molar-refractivity contribution in [2.24, 2.45) is 11.8 Å². The zero-order valence-corrected chi connectivity index (χ0v) is 14.2. The summed E-state index contributed by atoms with van der Waals surface area (Å²) >= 11 is 6.20. The molecule has 1 unspecified atom stereocenters. The van der Waals surface area contributed by atoms with Crippen LogP contribution in [-0.2, 0) is 0 Å². The molecule has 5 atom stereocenters. The number of fused-ring (bicyclic) bond motifs is 4. The summed E-state index contributed by atoms with van der Waals surface area (Å²) in [6.45, 7) is 4.52. The Morgan fingerprint density at radius 3 is 2.96 bits per heavy atom. The van der Waals surface area contributed by atoms with Gasteiger partial charge in [0.2, 0.25) is 0 Å². The topological polar surface area (TPSA) is 36.4 Å². The first-order chi connectivity index (χ1) is 11.2. The Balaban J connectivity index is 1.69. The van der Waals surface area contributed by atoms with E-state index in [9.17, 15) is 5.11 Å². The predicted octanol–water partition coefficient (Wildman–Crippen LogP) is 4.04. The van der Waals surface area contributed by atoms with Gasteiger partial charge in [0.15, 0.2) is 0 Å². The Bertz CT molecular complexity index is 720. The summed E-state index contributed by atoms with van der Waals surface area (Å²) < 4.78 is 0. The standard InChI is InChI=1S/C19H23ClN2O/c1-2-12-11-22-8-7-13(12)9-17(22)19(23)15-10-18(20)21-16-6-4-3-5-14(15)16/h3-6,10,12-13,17,19,23H,2,7-9,11H2,1H3/t12-,13-,17+,19-/m0/s1. The van der Waals surface area contributed by atoms with Crippen LogP contribution in [0, 0.1) is 11.8 Å². The quantitative estimate of drug-likeness (QED) is 0.863. The molecule has 23 heavy (non-hydrogen) atoms. The van der Waals surface area contributed by atoms with E-state index in [0.29, 0.717) is 5.15 Å². The minimum atomic E-state index is -0.499. The lowest BCUT2D eigenvalue weighted by atomic mass is 9.72. The Hall–Kier alpha value is -1.16. The number of benzene rings is 1. The normalized spacial score (nSPS) is 31.4. The third-order valence-corrected chi connectivity index (χ3v) is 6.05. The molecule has 2 aromatic rings. The summed E-state index contributed by atoms with van der Waals surface area (Å²) in [6.07, 6.45) is 3.11. The molecule has 0 radical (unpaired) electrons. The summed E-state index contributed by atoms with van der Waals surface area (Å²) in [6, 6.07) is 9.99. The predicted molar refractivity (Wildman–Crippen MR) is 93.6 cm³/mol. The molecular formula is C19H23ClN2O. The van der Waals surface area contributed by atoms with Gasteiger partial charge in [-0.15, -0.1) is 0 Å². The van der Waals surface area contributed by atoms with Gasteiger partial charge in [0.25, 0.3) is 0 Å². The summed E-state index contributed by atoms with van der Waals surface area (Å²) in [5.41, 5.74) is 1.78. The van der Waals surface area contributed by atoms with Crippen molar-refractivity contribution in [3.63, 3.8) is 0 Å². The van der Waals surface area contributed by atoms with Crippen LogP contribution >= 0.6 is 11.6 Å². The fourth-order valence-electron chi connectivity index (χ4n) is 4.59. The number of para-hydroxylation sites is 1. The van der Waals surface area contributed by atoms with E-state index in [2.05, 4.69) is 16.8 Å². The number of nitrogens with zero attached hydrogens (tertiary/aromatic N) is 2. The van der Waals surface area contributed by atoms with Crippen LogP contribution in [-0.4, -0.2) is 34.1 Å². The van der Waals surface area contributed by atoms with Gasteiger partial charge in [-0.25, -0.2) is 4.98 Å². The second-order valence-corrected chi connectivity index (χ2v) is 7.40. The molecule has 4 heterocycles. The Morgan fingerprint density at radius 1 is 1.39 bits per heavy atom. The highest BCUT2D eigenvalue weighted by Gasteiger charge is 2.42. The molecule has 1 aromatic heterocycles. The molecule has 3 saturated heterocycles. The number of hydrogen-bond acceptors (Lipinski definition) is 3. The molecule has 3 aliphatic heterocycles. The Kier molecular flexibility index (Phi) is 4.04. The second kappa shape index (κ2) is 6.04.